The van der Waals surface area contributed by atoms with E-state index in [0.29, 0.717) is 63.4 Å². The van der Waals surface area contributed by atoms with Gasteiger partial charge in [-0.3, -0.25) is 13.9 Å². The largest absolute Gasteiger partial charge is 0.497 e. The molecule has 4 rings (SSSR count). The van der Waals surface area contributed by atoms with Crippen molar-refractivity contribution in [3.63, 3.8) is 0 Å². The highest BCUT2D eigenvalue weighted by Crippen LogP contribution is 2.47. The Morgan fingerprint density at radius 3 is 2.43 bits per heavy atom. The number of aryl methyl sites for hydroxylation is 1. The maximum atomic E-state index is 14.1. The van der Waals surface area contributed by atoms with Gasteiger partial charge in [-0.1, -0.05) is 51.1 Å². The molecule has 9 nitrogen and oxygen atoms in total. The number of hydrogen-bond donors (Lipinski definition) is 2. The first-order valence-corrected chi connectivity index (χ1v) is 15.8. The van der Waals surface area contributed by atoms with Gasteiger partial charge in [0.05, 0.1) is 19.1 Å². The molecule has 230 valence electrons. The number of imidazole rings is 1. The molecule has 1 saturated carbocycles. The van der Waals surface area contributed by atoms with Crippen LogP contribution in [0.1, 0.15) is 76.0 Å². The molecule has 2 fully saturated rings. The summed E-state index contributed by atoms with van der Waals surface area (Å²) in [6, 6.07) is 6.30. The topological polar surface area (TPSA) is 96.8 Å². The molecule has 1 aromatic heterocycles. The van der Waals surface area contributed by atoms with E-state index in [1.54, 1.807) is 13.4 Å². The summed E-state index contributed by atoms with van der Waals surface area (Å²) in [4.78, 5) is 47.0. The Morgan fingerprint density at radius 2 is 1.83 bits per heavy atom. The van der Waals surface area contributed by atoms with E-state index in [2.05, 4.69) is 30.0 Å². The number of carbonyl (C=O) groups excluding carboxylic acids is 3. The second-order valence-corrected chi connectivity index (χ2v) is 12.3. The lowest BCUT2D eigenvalue weighted by atomic mass is 9.61. The van der Waals surface area contributed by atoms with Crippen LogP contribution in [0.25, 0.3) is 0 Å². The van der Waals surface area contributed by atoms with Crippen LogP contribution >= 0.6 is 12.8 Å². The van der Waals surface area contributed by atoms with Gasteiger partial charge in [0.1, 0.15) is 17.6 Å². The van der Waals surface area contributed by atoms with Gasteiger partial charge in [-0.2, -0.15) is 0 Å². The first kappa shape index (κ1) is 31.9. The number of urea groups is 1. The van der Waals surface area contributed by atoms with E-state index in [0.717, 1.165) is 36.3 Å². The predicted molar refractivity (Wildman–Crippen MR) is 166 cm³/mol. The molecule has 2 aliphatic rings. The number of nitrogens with one attached hydrogen (secondary N) is 1. The lowest BCUT2D eigenvalue weighted by Gasteiger charge is -2.47. The Bertz CT molecular complexity index is 1190. The SMILES string of the molecule is CCCC(=O)C1(C2CCCCC2)CCN(C(=O)[C@@H](Cc2ccc(OC)cc2)N(S)C(=O)NCCc2cn(C)cn2)CC1. The Hall–Kier alpha value is -3.01. The number of benzene rings is 1. The number of piperidine rings is 1. The number of methoxy groups -OCH3 is 1. The van der Waals surface area contributed by atoms with Crippen LogP contribution < -0.4 is 10.1 Å². The van der Waals surface area contributed by atoms with Crippen LogP contribution in [-0.4, -0.2) is 69.3 Å². The molecule has 2 aromatic rings. The van der Waals surface area contributed by atoms with Crippen molar-refractivity contribution in [2.45, 2.75) is 83.6 Å². The molecule has 2 heterocycles. The summed E-state index contributed by atoms with van der Waals surface area (Å²) in [5.74, 6) is 1.37. The maximum absolute atomic E-state index is 14.1. The third-order valence-corrected chi connectivity index (χ3v) is 9.64. The molecule has 1 aromatic carbocycles. The number of aromatic nitrogens is 2. The zero-order valence-corrected chi connectivity index (χ0v) is 26.3. The number of ether oxygens (including phenoxy) is 1. The quantitative estimate of drug-likeness (QED) is 0.336. The molecule has 0 spiro atoms. The minimum atomic E-state index is -0.801. The zero-order valence-electron chi connectivity index (χ0n) is 25.4. The molecule has 3 amide bonds. The molecular formula is C32H47N5O4S. The average Bonchev–Trinajstić information content (AvgIpc) is 3.44. The molecule has 1 aliphatic carbocycles. The van der Waals surface area contributed by atoms with Gasteiger partial charge < -0.3 is 19.5 Å². The third-order valence-electron chi connectivity index (χ3n) is 9.18. The highest BCUT2D eigenvalue weighted by Gasteiger charge is 2.47. The van der Waals surface area contributed by atoms with E-state index in [1.807, 2.05) is 47.0 Å². The number of nitrogens with zero attached hydrogens (tertiary/aromatic N) is 4. The van der Waals surface area contributed by atoms with E-state index in [9.17, 15) is 14.4 Å². The number of carbonyl (C=O) groups is 3. The Kier molecular flexibility index (Phi) is 11.4. The fourth-order valence-electron chi connectivity index (χ4n) is 6.76. The second kappa shape index (κ2) is 14.9. The van der Waals surface area contributed by atoms with Gasteiger partial charge >= 0.3 is 6.03 Å². The van der Waals surface area contributed by atoms with Gasteiger partial charge in [0, 0.05) is 57.6 Å². The maximum Gasteiger partial charge on any atom is 0.327 e. The smallest absolute Gasteiger partial charge is 0.327 e. The van der Waals surface area contributed by atoms with E-state index >= 15 is 0 Å². The average molecular weight is 598 g/mol. The molecule has 1 aliphatic heterocycles. The number of amides is 3. The van der Waals surface area contributed by atoms with Crippen molar-refractivity contribution in [1.82, 2.24) is 24.1 Å². The molecule has 1 saturated heterocycles. The number of likely N-dealkylation sites (tertiary alicyclic amines) is 1. The van der Waals surface area contributed by atoms with Gasteiger partial charge in [-0.15, -0.1) is 0 Å². The van der Waals surface area contributed by atoms with Gasteiger partial charge in [0.15, 0.2) is 0 Å². The zero-order chi connectivity index (χ0) is 30.1. The fraction of sp³-hybridized carbons (Fsp3) is 0.625. The standard InChI is InChI=1S/C32H47N5O4S/c1-4-8-29(38)32(25-9-6-5-7-10-25)16-19-36(20-17-32)30(39)28(21-24-11-13-27(41-3)14-12-24)37(42)31(40)33-18-15-26-22-35(2)23-34-26/h11-14,22-23,25,28,42H,4-10,15-21H2,1-3H3,(H,33,40)/t28-/m1/s1. The van der Waals surface area contributed by atoms with Gasteiger partial charge in [-0.05, 0) is 55.7 Å². The molecule has 10 heteroatoms. The number of hydrogen-bond acceptors (Lipinski definition) is 6. The number of rotatable bonds is 12. The van der Waals surface area contributed by atoms with Crippen molar-refractivity contribution >= 4 is 30.5 Å². The summed E-state index contributed by atoms with van der Waals surface area (Å²) in [6.45, 7) is 3.49. The van der Waals surface area contributed by atoms with Crippen molar-refractivity contribution < 1.29 is 19.1 Å². The summed E-state index contributed by atoms with van der Waals surface area (Å²) < 4.78 is 8.39. The Morgan fingerprint density at radius 1 is 1.14 bits per heavy atom. The van der Waals surface area contributed by atoms with Crippen LogP contribution in [0.5, 0.6) is 5.75 Å². The Balaban J connectivity index is 1.47. The molecule has 42 heavy (non-hydrogen) atoms. The van der Waals surface area contributed by atoms with Crippen LogP contribution in [-0.2, 0) is 29.5 Å². The van der Waals surface area contributed by atoms with Crippen LogP contribution in [0.4, 0.5) is 4.79 Å². The lowest BCUT2D eigenvalue weighted by Crippen LogP contribution is -2.55. The minimum Gasteiger partial charge on any atom is -0.497 e. The van der Waals surface area contributed by atoms with Gasteiger partial charge in [0.2, 0.25) is 5.91 Å². The highest BCUT2D eigenvalue weighted by molar-refractivity contribution is 7.78. The van der Waals surface area contributed by atoms with E-state index < -0.39 is 12.1 Å². The van der Waals surface area contributed by atoms with Crippen LogP contribution in [0, 0.1) is 11.3 Å². The van der Waals surface area contributed by atoms with E-state index in [4.69, 9.17) is 4.74 Å². The molecule has 1 atom stereocenters. The van der Waals surface area contributed by atoms with Crippen LogP contribution in [0.3, 0.4) is 0 Å². The van der Waals surface area contributed by atoms with Crippen molar-refractivity contribution in [2.24, 2.45) is 18.4 Å². The van der Waals surface area contributed by atoms with Crippen LogP contribution in [0.15, 0.2) is 36.8 Å². The van der Waals surface area contributed by atoms with E-state index in [1.165, 1.54) is 23.6 Å². The van der Waals surface area contributed by atoms with Crippen molar-refractivity contribution in [2.75, 3.05) is 26.7 Å². The molecule has 0 radical (unpaired) electrons. The Labute approximate surface area is 255 Å². The summed E-state index contributed by atoms with van der Waals surface area (Å²) in [5, 5.41) is 2.89. The third kappa shape index (κ3) is 7.68. The molecular weight excluding hydrogens is 550 g/mol. The first-order valence-electron chi connectivity index (χ1n) is 15.4. The highest BCUT2D eigenvalue weighted by atomic mass is 32.1. The summed E-state index contributed by atoms with van der Waals surface area (Å²) in [7, 11) is 3.51. The predicted octanol–water partition coefficient (Wildman–Crippen LogP) is 5.00. The van der Waals surface area contributed by atoms with Crippen LogP contribution in [0.2, 0.25) is 0 Å². The monoisotopic (exact) mass is 597 g/mol. The van der Waals surface area contributed by atoms with Crippen molar-refractivity contribution in [1.29, 1.82) is 0 Å². The van der Waals surface area contributed by atoms with Gasteiger partial charge in [-0.25, -0.2) is 9.78 Å². The number of thiol groups is 1. The van der Waals surface area contributed by atoms with Crippen molar-refractivity contribution in [3.05, 3.63) is 48.0 Å². The molecule has 1 N–H and O–H groups in total. The summed E-state index contributed by atoms with van der Waals surface area (Å²) in [6.07, 6.45) is 13.2. The number of ketones is 1. The molecule has 0 bridgehead atoms. The first-order chi connectivity index (χ1) is 20.3. The minimum absolute atomic E-state index is 0.138. The number of Topliss-reactive ketones (excluding diaryl/α,β-unsaturated/α-hetero) is 1. The summed E-state index contributed by atoms with van der Waals surface area (Å²) in [5.41, 5.74) is 1.45. The molecule has 0 unspecified atom stereocenters. The normalized spacial score (nSPS) is 17.9. The fourth-order valence-corrected chi connectivity index (χ4v) is 7.01. The van der Waals surface area contributed by atoms with Gasteiger partial charge in [0.25, 0.3) is 0 Å². The van der Waals surface area contributed by atoms with E-state index in [-0.39, 0.29) is 11.3 Å². The van der Waals surface area contributed by atoms with Crippen molar-refractivity contribution in [3.8, 4) is 5.75 Å². The second-order valence-electron chi connectivity index (χ2n) is 11.9. The summed E-state index contributed by atoms with van der Waals surface area (Å²) >= 11 is 4.57. The lowest BCUT2D eigenvalue weighted by molar-refractivity contribution is -0.145.